The zero-order chi connectivity index (χ0) is 9.98. The predicted molar refractivity (Wildman–Crippen MR) is 74.5 cm³/mol. The van der Waals surface area contributed by atoms with E-state index < -0.39 is 0 Å². The van der Waals surface area contributed by atoms with Crippen LogP contribution in [0.2, 0.25) is 0 Å². The van der Waals surface area contributed by atoms with Crippen molar-refractivity contribution in [3.05, 3.63) is 0 Å². The highest BCUT2D eigenvalue weighted by molar-refractivity contribution is 8.46. The molecule has 0 N–H and O–H groups in total. The van der Waals surface area contributed by atoms with Crippen LogP contribution in [0.1, 0.15) is 26.7 Å². The van der Waals surface area contributed by atoms with Crippen LogP contribution in [0.25, 0.3) is 0 Å². The molecule has 0 amide bonds. The summed E-state index contributed by atoms with van der Waals surface area (Å²) in [6.07, 6.45) is 2.27. The topological polar surface area (TPSA) is 0 Å². The van der Waals surface area contributed by atoms with Crippen LogP contribution in [0.4, 0.5) is 0 Å². The van der Waals surface area contributed by atoms with Crippen LogP contribution in [-0.4, -0.2) is 11.5 Å². The smallest absolute Gasteiger partial charge is 0.0671 e. The van der Waals surface area contributed by atoms with E-state index in [-0.39, 0.29) is 16.0 Å². The molecule has 0 aromatic heterocycles. The summed E-state index contributed by atoms with van der Waals surface area (Å²) in [5.41, 5.74) is 0. The first-order valence-corrected chi connectivity index (χ1v) is 10.1. The molecule has 0 saturated carbocycles. The van der Waals surface area contributed by atoms with E-state index in [1.54, 1.807) is 0 Å². The largest absolute Gasteiger partial charge is 0.347 e. The van der Waals surface area contributed by atoms with Crippen LogP contribution >= 0.6 is 0 Å². The molecule has 0 aromatic rings. The van der Waals surface area contributed by atoms with Crippen molar-refractivity contribution in [1.82, 2.24) is 0 Å². The van der Waals surface area contributed by atoms with E-state index in [1.165, 1.54) is 0 Å². The van der Waals surface area contributed by atoms with Gasteiger partial charge in [0.15, 0.2) is 0 Å². The molecule has 0 bridgehead atoms. The average molecular weight is 279 g/mol. The van der Waals surface area contributed by atoms with Gasteiger partial charge < -0.3 is 16.0 Å². The highest BCUT2D eigenvalue weighted by atomic mass is 33.1. The molecule has 0 rings (SSSR count). The fourth-order valence-corrected chi connectivity index (χ4v) is 3.00. The lowest BCUT2D eigenvalue weighted by atomic mass is 10.6. The van der Waals surface area contributed by atoms with Gasteiger partial charge in [0.05, 0.1) is 0 Å². The van der Waals surface area contributed by atoms with Crippen molar-refractivity contribution >= 4 is 60.8 Å². The Kier molecular flexibility index (Phi) is 16.8. The van der Waals surface area contributed by atoms with E-state index in [9.17, 15) is 0 Å². The summed E-state index contributed by atoms with van der Waals surface area (Å²) in [6, 6.07) is 0. The molecule has 0 spiro atoms. The quantitative estimate of drug-likeness (QED) is 0.720. The summed E-state index contributed by atoms with van der Waals surface area (Å²) < 4.78 is 0. The van der Waals surface area contributed by atoms with E-state index in [1.807, 2.05) is 0 Å². The molecule has 0 saturated heterocycles. The first kappa shape index (κ1) is 16.0. The molecule has 0 nitrogen and oxygen atoms in total. The van der Waals surface area contributed by atoms with Gasteiger partial charge in [-0.3, -0.25) is 44.8 Å². The SMILES string of the molecule is CCC[S-](=S)=S.CCC[S-](=S)=S. The third-order valence-electron chi connectivity index (χ3n) is 0.742. The molecular formula is C6H14S6-2. The van der Waals surface area contributed by atoms with Crippen molar-refractivity contribution < 1.29 is 0 Å². The van der Waals surface area contributed by atoms with Crippen LogP contribution in [0.5, 0.6) is 0 Å². The molecule has 0 aliphatic rings. The normalized spacial score (nSPS) is 9.67. The average Bonchev–Trinajstić information content (AvgIpc) is 1.87. The number of rotatable bonds is 4. The molecule has 12 heavy (non-hydrogen) atoms. The minimum atomic E-state index is -0.149. The van der Waals surface area contributed by atoms with Crippen molar-refractivity contribution in [2.45, 2.75) is 26.7 Å². The molecule has 0 atom stereocenters. The van der Waals surface area contributed by atoms with Crippen molar-refractivity contribution in [3.63, 3.8) is 0 Å². The minimum Gasteiger partial charge on any atom is -0.347 e. The molecular weight excluding hydrogens is 264 g/mol. The molecule has 0 radical (unpaired) electrons. The van der Waals surface area contributed by atoms with Crippen molar-refractivity contribution in [3.8, 4) is 0 Å². The van der Waals surface area contributed by atoms with Crippen LogP contribution in [-0.2, 0) is 60.8 Å². The van der Waals surface area contributed by atoms with Gasteiger partial charge in [0, 0.05) is 0 Å². The molecule has 0 aliphatic carbocycles. The third kappa shape index (κ3) is 22.6. The number of hydrogen-bond acceptors (Lipinski definition) is 6. The Morgan fingerprint density at radius 3 is 1.00 bits per heavy atom. The Bertz CT molecular complexity index is 172. The summed E-state index contributed by atoms with van der Waals surface area (Å²) in [5, 5.41) is 0. The van der Waals surface area contributed by atoms with Gasteiger partial charge in [0.2, 0.25) is 0 Å². The maximum absolute atomic E-state index is 4.72. The highest BCUT2D eigenvalue weighted by Crippen LogP contribution is 1.73. The van der Waals surface area contributed by atoms with Crippen molar-refractivity contribution in [1.29, 1.82) is 0 Å². The molecule has 0 fully saturated rings. The summed E-state index contributed by atoms with van der Waals surface area (Å²) in [5.74, 6) is 2.06. The maximum Gasteiger partial charge on any atom is -0.0671 e. The van der Waals surface area contributed by atoms with E-state index in [4.69, 9.17) is 44.8 Å². The van der Waals surface area contributed by atoms with Crippen LogP contribution < -0.4 is 0 Å². The lowest BCUT2D eigenvalue weighted by molar-refractivity contribution is 1.11. The summed E-state index contributed by atoms with van der Waals surface area (Å²) in [4.78, 5) is 0. The van der Waals surface area contributed by atoms with Crippen molar-refractivity contribution in [2.75, 3.05) is 11.5 Å². The molecule has 0 aliphatic heterocycles. The first-order valence-electron chi connectivity index (χ1n) is 3.66. The van der Waals surface area contributed by atoms with Gasteiger partial charge >= 0.3 is 0 Å². The van der Waals surface area contributed by atoms with Crippen molar-refractivity contribution in [2.24, 2.45) is 0 Å². The second-order valence-corrected chi connectivity index (χ2v) is 10.1. The van der Waals surface area contributed by atoms with E-state index >= 15 is 0 Å². The lowest BCUT2D eigenvalue weighted by Crippen LogP contribution is -1.76. The minimum absolute atomic E-state index is 0.149. The Hall–Kier alpha value is 1.58. The Morgan fingerprint density at radius 1 is 0.750 bits per heavy atom. The van der Waals surface area contributed by atoms with Crippen LogP contribution in [0, 0.1) is 0 Å². The van der Waals surface area contributed by atoms with Gasteiger partial charge in [-0.15, -0.1) is 11.5 Å². The Morgan fingerprint density at radius 2 is 1.00 bits per heavy atom. The molecule has 0 unspecified atom stereocenters. The standard InChI is InChI=1S/2C3H7S3/c2*1-2-3-6(4)5/h2*2-3H2,1H3/q2*-1. The predicted octanol–water partition coefficient (Wildman–Crippen LogP) is 1.88. The van der Waals surface area contributed by atoms with Gasteiger partial charge in [0.1, 0.15) is 0 Å². The van der Waals surface area contributed by atoms with E-state index in [0.717, 1.165) is 24.3 Å². The second-order valence-electron chi connectivity index (χ2n) is 2.02. The number of hydrogen-bond donors (Lipinski definition) is 0. The highest BCUT2D eigenvalue weighted by Gasteiger charge is 1.58. The van der Waals surface area contributed by atoms with Gasteiger partial charge in [-0.05, 0) is 0 Å². The van der Waals surface area contributed by atoms with Gasteiger partial charge in [-0.1, -0.05) is 26.7 Å². The fourth-order valence-electron chi connectivity index (χ4n) is 0.333. The van der Waals surface area contributed by atoms with Gasteiger partial charge in [-0.25, -0.2) is 0 Å². The second kappa shape index (κ2) is 12.6. The van der Waals surface area contributed by atoms with Gasteiger partial charge in [-0.2, -0.15) is 0 Å². The lowest BCUT2D eigenvalue weighted by Gasteiger charge is -1.92. The summed E-state index contributed by atoms with van der Waals surface area (Å²) in [7, 11) is -0.298. The molecule has 0 aromatic carbocycles. The Labute approximate surface area is 98.2 Å². The van der Waals surface area contributed by atoms with Crippen LogP contribution in [0.15, 0.2) is 0 Å². The summed E-state index contributed by atoms with van der Waals surface area (Å²) in [6.45, 7) is 4.19. The zero-order valence-corrected chi connectivity index (χ0v) is 12.2. The molecule has 0 heterocycles. The maximum atomic E-state index is 4.72. The van der Waals surface area contributed by atoms with E-state index in [0.29, 0.717) is 0 Å². The third-order valence-corrected chi connectivity index (χ3v) is 4.22. The Balaban J connectivity index is 0. The summed E-state index contributed by atoms with van der Waals surface area (Å²) >= 11 is 18.9. The zero-order valence-electron chi connectivity index (χ0n) is 7.28. The first-order chi connectivity index (χ1) is 5.54. The molecule has 6 heteroatoms. The fraction of sp³-hybridized carbons (Fsp3) is 1.00. The molecule has 76 valence electrons. The monoisotopic (exact) mass is 278 g/mol. The van der Waals surface area contributed by atoms with Crippen LogP contribution in [0.3, 0.4) is 0 Å². The van der Waals surface area contributed by atoms with E-state index in [2.05, 4.69) is 13.8 Å². The van der Waals surface area contributed by atoms with Gasteiger partial charge in [0.25, 0.3) is 0 Å².